The van der Waals surface area contributed by atoms with Crippen LogP contribution in [0.5, 0.6) is 0 Å². The number of hydrogen-bond acceptors (Lipinski definition) is 4. The Hall–Kier alpha value is -0.810. The summed E-state index contributed by atoms with van der Waals surface area (Å²) in [5.41, 5.74) is -0.442. The van der Waals surface area contributed by atoms with Crippen molar-refractivity contribution in [2.45, 2.75) is 78.0 Å². The molecule has 0 spiro atoms. The zero-order valence-corrected chi connectivity index (χ0v) is 14.9. The van der Waals surface area contributed by atoms with Gasteiger partial charge in [-0.1, -0.05) is 13.8 Å². The fourth-order valence-electron chi connectivity index (χ4n) is 2.74. The first-order chi connectivity index (χ1) is 10.2. The number of nitrogens with one attached hydrogen (secondary N) is 1. The molecule has 1 saturated heterocycles. The Labute approximate surface area is 135 Å². The Bertz CT molecular complexity index is 339. The van der Waals surface area contributed by atoms with E-state index in [0.717, 1.165) is 32.2 Å². The average Bonchev–Trinajstić information content (AvgIpc) is 2.58. The van der Waals surface area contributed by atoms with Crippen molar-refractivity contribution >= 4 is 6.09 Å². The summed E-state index contributed by atoms with van der Waals surface area (Å²) < 4.78 is 5.44. The van der Waals surface area contributed by atoms with Gasteiger partial charge in [0, 0.05) is 25.7 Å². The van der Waals surface area contributed by atoms with Crippen LogP contribution in [0.1, 0.15) is 60.3 Å². The van der Waals surface area contributed by atoms with Gasteiger partial charge in [0.05, 0.1) is 6.10 Å². The lowest BCUT2D eigenvalue weighted by Gasteiger charge is -2.26. The normalized spacial score (nSPS) is 21.6. The van der Waals surface area contributed by atoms with E-state index in [4.69, 9.17) is 4.74 Å². The van der Waals surface area contributed by atoms with E-state index >= 15 is 0 Å². The number of nitrogens with zero attached hydrogens (tertiary/aromatic N) is 1. The maximum absolute atomic E-state index is 12.1. The molecule has 0 aromatic rings. The molecule has 1 amide bonds. The molecule has 5 heteroatoms. The topological polar surface area (TPSA) is 61.8 Å². The molecular weight excluding hydrogens is 280 g/mol. The molecule has 2 unspecified atom stereocenters. The Balaban J connectivity index is 2.34. The Morgan fingerprint density at radius 3 is 2.59 bits per heavy atom. The minimum absolute atomic E-state index is 0.215. The number of carbonyl (C=O) groups excluding carboxylic acids is 1. The van der Waals surface area contributed by atoms with Crippen molar-refractivity contribution in [3.05, 3.63) is 0 Å². The van der Waals surface area contributed by atoms with Gasteiger partial charge in [0.25, 0.3) is 0 Å². The highest BCUT2D eigenvalue weighted by Gasteiger charge is 2.25. The summed E-state index contributed by atoms with van der Waals surface area (Å²) in [6.45, 7) is 12.0. The summed E-state index contributed by atoms with van der Waals surface area (Å²) in [6.07, 6.45) is 3.24. The van der Waals surface area contributed by atoms with Crippen LogP contribution in [-0.4, -0.2) is 53.5 Å². The van der Waals surface area contributed by atoms with E-state index < -0.39 is 5.60 Å². The smallest absolute Gasteiger partial charge is 0.410 e. The third-order valence-electron chi connectivity index (χ3n) is 3.77. The molecule has 2 atom stereocenters. The van der Waals surface area contributed by atoms with Crippen LogP contribution >= 0.6 is 0 Å². The van der Waals surface area contributed by atoms with E-state index in [2.05, 4.69) is 19.2 Å². The van der Waals surface area contributed by atoms with Gasteiger partial charge < -0.3 is 20.1 Å². The Kier molecular flexibility index (Phi) is 7.63. The molecule has 0 bridgehead atoms. The standard InChI is InChI=1S/C17H34N2O3/c1-13(2)11-15(20)12-18-14-7-6-9-19(10-8-14)16(21)22-17(3,4)5/h13-15,18,20H,6-12H2,1-5H3. The SMILES string of the molecule is CC(C)CC(O)CNC1CCCN(C(=O)OC(C)(C)C)CC1. The second kappa shape index (κ2) is 8.73. The van der Waals surface area contributed by atoms with Gasteiger partial charge >= 0.3 is 6.09 Å². The fourth-order valence-corrected chi connectivity index (χ4v) is 2.74. The highest BCUT2D eigenvalue weighted by Crippen LogP contribution is 2.15. The molecule has 1 rings (SSSR count). The van der Waals surface area contributed by atoms with Gasteiger partial charge in [-0.15, -0.1) is 0 Å². The van der Waals surface area contributed by atoms with E-state index in [1.807, 2.05) is 20.8 Å². The lowest BCUT2D eigenvalue weighted by molar-refractivity contribution is 0.0255. The largest absolute Gasteiger partial charge is 0.444 e. The molecule has 2 N–H and O–H groups in total. The molecule has 0 radical (unpaired) electrons. The third kappa shape index (κ3) is 7.99. The number of aliphatic hydroxyl groups excluding tert-OH is 1. The molecule has 1 heterocycles. The first-order valence-corrected chi connectivity index (χ1v) is 8.56. The molecule has 1 aliphatic rings. The first kappa shape index (κ1) is 19.2. The highest BCUT2D eigenvalue weighted by molar-refractivity contribution is 5.68. The molecule has 0 aromatic carbocycles. The molecule has 5 nitrogen and oxygen atoms in total. The van der Waals surface area contributed by atoms with Crippen molar-refractivity contribution in [2.75, 3.05) is 19.6 Å². The van der Waals surface area contributed by atoms with Crippen LogP contribution in [0.2, 0.25) is 0 Å². The van der Waals surface area contributed by atoms with E-state index in [0.29, 0.717) is 25.0 Å². The van der Waals surface area contributed by atoms with Gasteiger partial charge in [-0.25, -0.2) is 4.79 Å². The predicted octanol–water partition coefficient (Wildman–Crippen LogP) is 2.77. The second-order valence-electron chi connectivity index (χ2n) is 7.79. The van der Waals surface area contributed by atoms with E-state index in [9.17, 15) is 9.90 Å². The molecular formula is C17H34N2O3. The van der Waals surface area contributed by atoms with E-state index in [1.165, 1.54) is 0 Å². The number of ether oxygens (including phenoxy) is 1. The number of aliphatic hydroxyl groups is 1. The van der Waals surface area contributed by atoms with Crippen LogP contribution < -0.4 is 5.32 Å². The van der Waals surface area contributed by atoms with Gasteiger partial charge in [-0.05, 0) is 52.4 Å². The predicted molar refractivity (Wildman–Crippen MR) is 88.9 cm³/mol. The summed E-state index contributed by atoms with van der Waals surface area (Å²) >= 11 is 0. The van der Waals surface area contributed by atoms with Crippen molar-refractivity contribution in [1.82, 2.24) is 10.2 Å². The number of likely N-dealkylation sites (tertiary alicyclic amines) is 1. The number of rotatable bonds is 5. The molecule has 0 aromatic heterocycles. The van der Waals surface area contributed by atoms with Gasteiger partial charge in [0.1, 0.15) is 5.60 Å². The molecule has 0 aliphatic carbocycles. The number of amides is 1. The summed E-state index contributed by atoms with van der Waals surface area (Å²) in [5, 5.41) is 13.4. The zero-order chi connectivity index (χ0) is 16.8. The van der Waals surface area contributed by atoms with Crippen molar-refractivity contribution in [1.29, 1.82) is 0 Å². The average molecular weight is 314 g/mol. The molecule has 1 fully saturated rings. The van der Waals surface area contributed by atoms with Crippen LogP contribution in [0.4, 0.5) is 4.79 Å². The van der Waals surface area contributed by atoms with Crippen LogP contribution in [0.25, 0.3) is 0 Å². The van der Waals surface area contributed by atoms with Gasteiger partial charge in [0.2, 0.25) is 0 Å². The van der Waals surface area contributed by atoms with Crippen LogP contribution in [-0.2, 0) is 4.74 Å². The minimum Gasteiger partial charge on any atom is -0.444 e. The lowest BCUT2D eigenvalue weighted by Crippen LogP contribution is -2.39. The number of hydrogen-bond donors (Lipinski definition) is 2. The summed E-state index contributed by atoms with van der Waals surface area (Å²) in [5.74, 6) is 0.508. The quantitative estimate of drug-likeness (QED) is 0.819. The highest BCUT2D eigenvalue weighted by atomic mass is 16.6. The minimum atomic E-state index is -0.442. The monoisotopic (exact) mass is 314 g/mol. The third-order valence-corrected chi connectivity index (χ3v) is 3.77. The van der Waals surface area contributed by atoms with Crippen molar-refractivity contribution in [3.63, 3.8) is 0 Å². The van der Waals surface area contributed by atoms with Gasteiger partial charge in [0.15, 0.2) is 0 Å². The van der Waals surface area contributed by atoms with Gasteiger partial charge in [-0.2, -0.15) is 0 Å². The van der Waals surface area contributed by atoms with Crippen LogP contribution in [0.15, 0.2) is 0 Å². The second-order valence-corrected chi connectivity index (χ2v) is 7.79. The molecule has 22 heavy (non-hydrogen) atoms. The maximum atomic E-state index is 12.1. The zero-order valence-electron chi connectivity index (χ0n) is 14.9. The summed E-state index contributed by atoms with van der Waals surface area (Å²) in [6, 6.07) is 0.370. The van der Waals surface area contributed by atoms with Crippen LogP contribution in [0, 0.1) is 5.92 Å². The van der Waals surface area contributed by atoms with Crippen molar-refractivity contribution < 1.29 is 14.6 Å². The Morgan fingerprint density at radius 2 is 2.00 bits per heavy atom. The van der Waals surface area contributed by atoms with E-state index in [1.54, 1.807) is 4.90 Å². The first-order valence-electron chi connectivity index (χ1n) is 8.56. The molecule has 130 valence electrons. The van der Waals surface area contributed by atoms with E-state index in [-0.39, 0.29) is 12.2 Å². The molecule has 1 aliphatic heterocycles. The summed E-state index contributed by atoms with van der Waals surface area (Å²) in [4.78, 5) is 13.9. The Morgan fingerprint density at radius 1 is 1.32 bits per heavy atom. The lowest BCUT2D eigenvalue weighted by atomic mass is 10.0. The van der Waals surface area contributed by atoms with Crippen molar-refractivity contribution in [2.24, 2.45) is 5.92 Å². The van der Waals surface area contributed by atoms with Crippen LogP contribution in [0.3, 0.4) is 0 Å². The fraction of sp³-hybridized carbons (Fsp3) is 0.941. The molecule has 0 saturated carbocycles. The number of carbonyl (C=O) groups is 1. The maximum Gasteiger partial charge on any atom is 0.410 e. The summed E-state index contributed by atoms with van der Waals surface area (Å²) in [7, 11) is 0. The van der Waals surface area contributed by atoms with Crippen molar-refractivity contribution in [3.8, 4) is 0 Å². The van der Waals surface area contributed by atoms with Gasteiger partial charge in [-0.3, -0.25) is 0 Å².